The molecule has 0 aromatic heterocycles. The zero-order chi connectivity index (χ0) is 44.4. The molecule has 1 atom stereocenters. The van der Waals surface area contributed by atoms with Gasteiger partial charge < -0.3 is 14.2 Å². The second-order valence-electron chi connectivity index (χ2n) is 18.2. The molecule has 0 amide bonds. The molecule has 0 aromatic carbocycles. The van der Waals surface area contributed by atoms with Crippen LogP contribution in [0.25, 0.3) is 0 Å². The number of allylic oxidation sites excluding steroid dienone is 4. The van der Waals surface area contributed by atoms with Crippen molar-refractivity contribution in [2.45, 2.75) is 297 Å². The van der Waals surface area contributed by atoms with E-state index in [1.165, 1.54) is 186 Å². The lowest BCUT2D eigenvalue weighted by atomic mass is 10.0. The summed E-state index contributed by atoms with van der Waals surface area (Å²) in [5, 5.41) is 0. The molecule has 0 rings (SSSR count). The highest BCUT2D eigenvalue weighted by Crippen LogP contribution is 2.16. The average Bonchev–Trinajstić information content (AvgIpc) is 3.26. The van der Waals surface area contributed by atoms with Crippen LogP contribution in [0.2, 0.25) is 0 Å². The van der Waals surface area contributed by atoms with E-state index in [1.807, 2.05) is 0 Å². The summed E-state index contributed by atoms with van der Waals surface area (Å²) in [6, 6.07) is 0. The predicted octanol–water partition coefficient (Wildman–Crippen LogP) is 17.5. The van der Waals surface area contributed by atoms with E-state index in [1.54, 1.807) is 0 Å². The lowest BCUT2D eigenvalue weighted by molar-refractivity contribution is -0.167. The highest BCUT2D eigenvalue weighted by molar-refractivity contribution is 5.71. The quantitative estimate of drug-likeness (QED) is 0.0262. The zero-order valence-corrected chi connectivity index (χ0v) is 40.9. The number of esters is 3. The molecule has 0 aromatic rings. The molecule has 0 aliphatic carbocycles. The van der Waals surface area contributed by atoms with Gasteiger partial charge in [0.15, 0.2) is 6.10 Å². The van der Waals surface area contributed by atoms with Gasteiger partial charge in [0.25, 0.3) is 0 Å². The molecule has 0 aliphatic rings. The Balaban J connectivity index is 4.32. The molecule has 0 radical (unpaired) electrons. The van der Waals surface area contributed by atoms with Gasteiger partial charge in [0, 0.05) is 19.3 Å². The third-order valence-corrected chi connectivity index (χ3v) is 12.0. The Kier molecular flexibility index (Phi) is 48.8. The maximum Gasteiger partial charge on any atom is 0.306 e. The molecule has 0 saturated heterocycles. The van der Waals surface area contributed by atoms with Gasteiger partial charge in [-0.25, -0.2) is 0 Å². The summed E-state index contributed by atoms with van der Waals surface area (Å²) in [5.74, 6) is -0.867. The maximum absolute atomic E-state index is 12.8. The Morgan fingerprint density at radius 3 is 0.902 bits per heavy atom. The van der Waals surface area contributed by atoms with Crippen LogP contribution in [0.15, 0.2) is 24.3 Å². The first-order chi connectivity index (χ1) is 30.0. The van der Waals surface area contributed by atoms with Crippen LogP contribution >= 0.6 is 0 Å². The van der Waals surface area contributed by atoms with Crippen LogP contribution in [0.5, 0.6) is 0 Å². The van der Waals surface area contributed by atoms with Crippen molar-refractivity contribution < 1.29 is 28.6 Å². The van der Waals surface area contributed by atoms with Crippen molar-refractivity contribution in [3.8, 4) is 0 Å². The topological polar surface area (TPSA) is 78.9 Å². The van der Waals surface area contributed by atoms with Crippen LogP contribution in [-0.2, 0) is 28.6 Å². The summed E-state index contributed by atoms with van der Waals surface area (Å²) in [6.07, 6.45) is 57.3. The van der Waals surface area contributed by atoms with Gasteiger partial charge in [-0.3, -0.25) is 14.4 Å². The van der Waals surface area contributed by atoms with Gasteiger partial charge in [-0.15, -0.1) is 0 Å². The van der Waals surface area contributed by atoms with Gasteiger partial charge in [-0.1, -0.05) is 251 Å². The molecule has 1 unspecified atom stereocenters. The van der Waals surface area contributed by atoms with Crippen LogP contribution in [0.1, 0.15) is 290 Å². The van der Waals surface area contributed by atoms with E-state index in [4.69, 9.17) is 14.2 Å². The Labute approximate surface area is 379 Å². The minimum absolute atomic E-state index is 0.0711. The predicted molar refractivity (Wildman–Crippen MR) is 261 cm³/mol. The Bertz CT molecular complexity index is 989. The SMILES string of the molecule is CCCCC/C=C\C=C/CCCCCCCCC(=O)OC(COC(=O)CCCCCCCCCCCCC)COC(=O)CCCCCCCCCCCCCCCCCCC. The van der Waals surface area contributed by atoms with Gasteiger partial charge >= 0.3 is 17.9 Å². The summed E-state index contributed by atoms with van der Waals surface area (Å²) >= 11 is 0. The van der Waals surface area contributed by atoms with E-state index in [-0.39, 0.29) is 31.1 Å². The van der Waals surface area contributed by atoms with Gasteiger partial charge in [0.2, 0.25) is 0 Å². The lowest BCUT2D eigenvalue weighted by Gasteiger charge is -2.18. The van der Waals surface area contributed by atoms with Crippen molar-refractivity contribution in [3.63, 3.8) is 0 Å². The number of hydrogen-bond donors (Lipinski definition) is 0. The van der Waals surface area contributed by atoms with Crippen LogP contribution in [0, 0.1) is 0 Å². The normalized spacial score (nSPS) is 12.1. The highest BCUT2D eigenvalue weighted by atomic mass is 16.6. The van der Waals surface area contributed by atoms with E-state index in [0.717, 1.165) is 64.2 Å². The number of unbranched alkanes of at least 4 members (excludes halogenated alkanes) is 35. The third kappa shape index (κ3) is 48.8. The summed E-state index contributed by atoms with van der Waals surface area (Å²) in [5.41, 5.74) is 0. The van der Waals surface area contributed by atoms with E-state index in [2.05, 4.69) is 45.1 Å². The molecule has 61 heavy (non-hydrogen) atoms. The van der Waals surface area contributed by atoms with E-state index in [9.17, 15) is 14.4 Å². The summed E-state index contributed by atoms with van der Waals surface area (Å²) in [7, 11) is 0. The fraction of sp³-hybridized carbons (Fsp3) is 0.873. The number of hydrogen-bond acceptors (Lipinski definition) is 6. The molecular formula is C55H102O6. The molecule has 6 heteroatoms. The Hall–Kier alpha value is -2.11. The van der Waals surface area contributed by atoms with Crippen molar-refractivity contribution >= 4 is 17.9 Å². The molecule has 0 bridgehead atoms. The van der Waals surface area contributed by atoms with Crippen LogP contribution in [0.3, 0.4) is 0 Å². The smallest absolute Gasteiger partial charge is 0.306 e. The Morgan fingerprint density at radius 1 is 0.328 bits per heavy atom. The van der Waals surface area contributed by atoms with Crippen molar-refractivity contribution in [1.29, 1.82) is 0 Å². The largest absolute Gasteiger partial charge is 0.462 e. The number of carbonyl (C=O) groups excluding carboxylic acids is 3. The first-order valence-electron chi connectivity index (χ1n) is 26.9. The monoisotopic (exact) mass is 859 g/mol. The number of rotatable bonds is 49. The minimum atomic E-state index is -0.771. The fourth-order valence-electron chi connectivity index (χ4n) is 7.91. The molecule has 0 heterocycles. The first-order valence-corrected chi connectivity index (χ1v) is 26.9. The summed E-state index contributed by atoms with van der Waals surface area (Å²) < 4.78 is 16.8. The van der Waals surface area contributed by atoms with E-state index >= 15 is 0 Å². The van der Waals surface area contributed by atoms with Crippen LogP contribution < -0.4 is 0 Å². The van der Waals surface area contributed by atoms with Gasteiger partial charge in [-0.05, 0) is 44.9 Å². The maximum atomic E-state index is 12.8. The Morgan fingerprint density at radius 2 is 0.574 bits per heavy atom. The van der Waals surface area contributed by atoms with E-state index < -0.39 is 6.10 Å². The van der Waals surface area contributed by atoms with Crippen molar-refractivity contribution in [1.82, 2.24) is 0 Å². The molecular weight excluding hydrogens is 757 g/mol. The molecule has 0 N–H and O–H groups in total. The molecule has 0 saturated carbocycles. The molecule has 358 valence electrons. The molecule has 0 fully saturated rings. The standard InChI is InChI=1S/C55H102O6/c1-4-7-10-13-16-19-22-24-26-27-29-30-33-36-39-42-45-48-54(57)60-51-52(50-59-53(56)47-44-41-38-35-32-21-18-15-12-9-6-3)61-55(58)49-46-43-40-37-34-31-28-25-23-20-17-14-11-8-5-2/h17,20,23,25,52H,4-16,18-19,21-22,24,26-51H2,1-3H3/b20-17-,25-23-. The number of carbonyl (C=O) groups is 3. The van der Waals surface area contributed by atoms with Crippen molar-refractivity contribution in [3.05, 3.63) is 24.3 Å². The zero-order valence-electron chi connectivity index (χ0n) is 40.9. The molecule has 0 spiro atoms. The van der Waals surface area contributed by atoms with Crippen LogP contribution in [-0.4, -0.2) is 37.2 Å². The van der Waals surface area contributed by atoms with Crippen molar-refractivity contribution in [2.75, 3.05) is 13.2 Å². The second kappa shape index (κ2) is 50.5. The second-order valence-corrected chi connectivity index (χ2v) is 18.2. The summed E-state index contributed by atoms with van der Waals surface area (Å²) in [4.78, 5) is 38.0. The minimum Gasteiger partial charge on any atom is -0.462 e. The third-order valence-electron chi connectivity index (χ3n) is 12.0. The van der Waals surface area contributed by atoms with Crippen molar-refractivity contribution in [2.24, 2.45) is 0 Å². The van der Waals surface area contributed by atoms with Crippen LogP contribution in [0.4, 0.5) is 0 Å². The van der Waals surface area contributed by atoms with Gasteiger partial charge in [0.05, 0.1) is 0 Å². The van der Waals surface area contributed by atoms with Gasteiger partial charge in [0.1, 0.15) is 13.2 Å². The average molecular weight is 859 g/mol. The lowest BCUT2D eigenvalue weighted by Crippen LogP contribution is -2.30. The van der Waals surface area contributed by atoms with Gasteiger partial charge in [-0.2, -0.15) is 0 Å². The van der Waals surface area contributed by atoms with E-state index in [0.29, 0.717) is 19.3 Å². The highest BCUT2D eigenvalue weighted by Gasteiger charge is 2.19. The number of ether oxygens (including phenoxy) is 3. The molecule has 6 nitrogen and oxygen atoms in total. The molecule has 0 aliphatic heterocycles. The summed E-state index contributed by atoms with van der Waals surface area (Å²) in [6.45, 7) is 6.63. The fourth-order valence-corrected chi connectivity index (χ4v) is 7.91. The first kappa shape index (κ1) is 58.9.